The molecule has 0 atom stereocenters. The van der Waals surface area contributed by atoms with E-state index in [1.165, 1.54) is 24.8 Å². The molecule has 8 nitrogen and oxygen atoms in total. The summed E-state index contributed by atoms with van der Waals surface area (Å²) >= 11 is 0. The lowest BCUT2D eigenvalue weighted by Gasteiger charge is -2.04. The van der Waals surface area contributed by atoms with Crippen LogP contribution in [0, 0.1) is 0 Å². The Hall–Kier alpha value is -2.86. The Morgan fingerprint density at radius 1 is 1.41 bits per heavy atom. The molecule has 17 heavy (non-hydrogen) atoms. The van der Waals surface area contributed by atoms with Gasteiger partial charge in [-0.05, 0) is 23.7 Å². The molecule has 1 heterocycles. The lowest BCUT2D eigenvalue weighted by atomic mass is 10.1. The largest absolute Gasteiger partial charge is 0.478 e. The van der Waals surface area contributed by atoms with E-state index in [2.05, 4.69) is 20.2 Å². The smallest absolute Gasteiger partial charge is 0.336 e. The van der Waals surface area contributed by atoms with E-state index in [1.54, 1.807) is 10.6 Å². The highest BCUT2D eigenvalue weighted by Gasteiger charge is 2.10. The van der Waals surface area contributed by atoms with Crippen LogP contribution in [0.4, 0.5) is 5.69 Å². The quantitative estimate of drug-likeness (QED) is 0.492. The molecule has 0 aliphatic heterocycles. The van der Waals surface area contributed by atoms with Crippen molar-refractivity contribution in [1.29, 1.82) is 0 Å². The molecular weight excluding hydrogens is 224 g/mol. The number of rotatable bonds is 3. The second-order valence-electron chi connectivity index (χ2n) is 3.07. The standard InChI is InChI=1S/C9H6N6O2/c10-14-13-8-3-6(15-4-11-12-5-15)1-2-7(8)9(16)17/h1-5H,(H,16,17). The normalized spacial score (nSPS) is 9.65. The average molecular weight is 230 g/mol. The molecule has 0 bridgehead atoms. The summed E-state index contributed by atoms with van der Waals surface area (Å²) in [5.41, 5.74) is 8.99. The molecule has 0 spiro atoms. The number of hydrogen-bond acceptors (Lipinski definition) is 4. The summed E-state index contributed by atoms with van der Waals surface area (Å²) in [5.74, 6) is -1.15. The van der Waals surface area contributed by atoms with Gasteiger partial charge in [-0.3, -0.25) is 4.57 Å². The zero-order chi connectivity index (χ0) is 12.3. The van der Waals surface area contributed by atoms with Crippen LogP contribution in [0.5, 0.6) is 0 Å². The second kappa shape index (κ2) is 4.33. The zero-order valence-corrected chi connectivity index (χ0v) is 8.43. The molecular formula is C9H6N6O2. The van der Waals surface area contributed by atoms with Crippen molar-refractivity contribution >= 4 is 11.7 Å². The molecule has 2 rings (SSSR count). The predicted molar refractivity (Wildman–Crippen MR) is 57.1 cm³/mol. The topological polar surface area (TPSA) is 117 Å². The number of nitrogens with zero attached hydrogens (tertiary/aromatic N) is 6. The van der Waals surface area contributed by atoms with Crippen LogP contribution in [0.3, 0.4) is 0 Å². The molecule has 0 aliphatic rings. The number of hydrogen-bond donors (Lipinski definition) is 1. The Morgan fingerprint density at radius 2 is 2.12 bits per heavy atom. The van der Waals surface area contributed by atoms with Gasteiger partial charge in [-0.15, -0.1) is 10.2 Å². The predicted octanol–water partition coefficient (Wildman–Crippen LogP) is 1.91. The van der Waals surface area contributed by atoms with Crippen LogP contribution in [0.15, 0.2) is 36.0 Å². The van der Waals surface area contributed by atoms with E-state index in [0.29, 0.717) is 5.69 Å². The van der Waals surface area contributed by atoms with Gasteiger partial charge in [-0.1, -0.05) is 5.11 Å². The van der Waals surface area contributed by atoms with Crippen LogP contribution in [0.1, 0.15) is 10.4 Å². The molecule has 1 aromatic carbocycles. The number of aromatic nitrogens is 3. The Bertz CT molecular complexity index is 600. The number of carbonyl (C=O) groups is 1. The molecule has 0 fully saturated rings. The summed E-state index contributed by atoms with van der Waals surface area (Å²) in [4.78, 5) is 13.5. The van der Waals surface area contributed by atoms with Gasteiger partial charge in [-0.25, -0.2) is 4.79 Å². The van der Waals surface area contributed by atoms with Gasteiger partial charge in [0.2, 0.25) is 0 Å². The van der Waals surface area contributed by atoms with Gasteiger partial charge in [0.15, 0.2) is 0 Å². The van der Waals surface area contributed by atoms with Gasteiger partial charge >= 0.3 is 5.97 Å². The molecule has 1 N–H and O–H groups in total. The summed E-state index contributed by atoms with van der Waals surface area (Å²) in [6.45, 7) is 0. The Kier molecular flexibility index (Phi) is 2.71. The van der Waals surface area contributed by atoms with Crippen LogP contribution >= 0.6 is 0 Å². The van der Waals surface area contributed by atoms with E-state index >= 15 is 0 Å². The molecule has 0 saturated carbocycles. The Balaban J connectivity index is 2.57. The minimum Gasteiger partial charge on any atom is -0.478 e. The van der Waals surface area contributed by atoms with Crippen molar-refractivity contribution in [3.63, 3.8) is 0 Å². The van der Waals surface area contributed by atoms with Gasteiger partial charge in [-0.2, -0.15) is 0 Å². The Labute approximate surface area is 94.8 Å². The highest BCUT2D eigenvalue weighted by atomic mass is 16.4. The summed E-state index contributed by atoms with van der Waals surface area (Å²) in [6.07, 6.45) is 2.91. The first-order valence-corrected chi connectivity index (χ1v) is 4.50. The lowest BCUT2D eigenvalue weighted by molar-refractivity contribution is 0.0698. The first-order valence-electron chi connectivity index (χ1n) is 4.50. The van der Waals surface area contributed by atoms with Crippen molar-refractivity contribution in [2.24, 2.45) is 5.11 Å². The highest BCUT2D eigenvalue weighted by molar-refractivity contribution is 5.93. The van der Waals surface area contributed by atoms with Crippen molar-refractivity contribution in [1.82, 2.24) is 14.8 Å². The maximum Gasteiger partial charge on any atom is 0.336 e. The van der Waals surface area contributed by atoms with Gasteiger partial charge in [0.05, 0.1) is 11.3 Å². The number of carboxylic acids is 1. The van der Waals surface area contributed by atoms with Crippen LogP contribution in [0.2, 0.25) is 0 Å². The van der Waals surface area contributed by atoms with Gasteiger partial charge in [0.1, 0.15) is 12.7 Å². The number of azide groups is 1. The fourth-order valence-corrected chi connectivity index (χ4v) is 1.33. The molecule has 0 amide bonds. The monoisotopic (exact) mass is 230 g/mol. The van der Waals surface area contributed by atoms with E-state index in [0.717, 1.165) is 0 Å². The SMILES string of the molecule is [N-]=[N+]=Nc1cc(-n2cnnc2)ccc1C(=O)O. The van der Waals surface area contributed by atoms with Gasteiger partial charge in [0, 0.05) is 10.6 Å². The number of benzene rings is 1. The Morgan fingerprint density at radius 3 is 2.71 bits per heavy atom. The third kappa shape index (κ3) is 2.06. The van der Waals surface area contributed by atoms with Crippen LogP contribution in [0.25, 0.3) is 16.1 Å². The number of aromatic carboxylic acids is 1. The summed E-state index contributed by atoms with van der Waals surface area (Å²) < 4.78 is 1.57. The zero-order valence-electron chi connectivity index (χ0n) is 8.43. The summed E-state index contributed by atoms with van der Waals surface area (Å²) in [6, 6.07) is 4.39. The molecule has 8 heteroatoms. The molecule has 1 aromatic heterocycles. The molecule has 0 aliphatic carbocycles. The van der Waals surface area contributed by atoms with Gasteiger partial charge < -0.3 is 5.11 Å². The fourth-order valence-electron chi connectivity index (χ4n) is 1.33. The molecule has 0 unspecified atom stereocenters. The van der Waals surface area contributed by atoms with Crippen molar-refractivity contribution < 1.29 is 9.90 Å². The van der Waals surface area contributed by atoms with Crippen molar-refractivity contribution in [3.8, 4) is 5.69 Å². The van der Waals surface area contributed by atoms with Crippen molar-refractivity contribution in [3.05, 3.63) is 46.9 Å². The molecule has 0 radical (unpaired) electrons. The maximum atomic E-state index is 10.9. The lowest BCUT2D eigenvalue weighted by Crippen LogP contribution is -1.98. The molecule has 84 valence electrons. The first kappa shape index (κ1) is 10.7. The van der Waals surface area contributed by atoms with Crippen LogP contribution in [-0.4, -0.2) is 25.8 Å². The van der Waals surface area contributed by atoms with E-state index in [4.69, 9.17) is 10.6 Å². The summed E-state index contributed by atoms with van der Waals surface area (Å²) in [7, 11) is 0. The number of carboxylic acid groups (broad SMARTS) is 1. The van der Waals surface area contributed by atoms with E-state index < -0.39 is 5.97 Å². The van der Waals surface area contributed by atoms with E-state index in [9.17, 15) is 4.79 Å². The molecule has 2 aromatic rings. The van der Waals surface area contributed by atoms with Crippen LogP contribution in [-0.2, 0) is 0 Å². The molecule has 0 saturated heterocycles. The van der Waals surface area contributed by atoms with Crippen molar-refractivity contribution in [2.75, 3.05) is 0 Å². The average Bonchev–Trinajstić information content (AvgIpc) is 2.82. The maximum absolute atomic E-state index is 10.9. The summed E-state index contributed by atoms with van der Waals surface area (Å²) in [5, 5.41) is 19.5. The van der Waals surface area contributed by atoms with E-state index in [1.807, 2.05) is 0 Å². The first-order chi connectivity index (χ1) is 8.22. The second-order valence-corrected chi connectivity index (χ2v) is 3.07. The minimum absolute atomic E-state index is 0.0474. The third-order valence-corrected chi connectivity index (χ3v) is 2.08. The highest BCUT2D eigenvalue weighted by Crippen LogP contribution is 2.23. The fraction of sp³-hybridized carbons (Fsp3) is 0. The third-order valence-electron chi connectivity index (χ3n) is 2.08. The minimum atomic E-state index is -1.15. The van der Waals surface area contributed by atoms with E-state index in [-0.39, 0.29) is 11.3 Å². The van der Waals surface area contributed by atoms with Crippen molar-refractivity contribution in [2.45, 2.75) is 0 Å². The van der Waals surface area contributed by atoms with Crippen LogP contribution < -0.4 is 0 Å². The van der Waals surface area contributed by atoms with Gasteiger partial charge in [0.25, 0.3) is 0 Å².